The number of hydrogen-bond donors (Lipinski definition) is 0. The second kappa shape index (κ2) is 7.16. The number of rotatable bonds is 5. The molecule has 4 aromatic rings. The van der Waals surface area contributed by atoms with Crippen LogP contribution >= 0.6 is 11.8 Å². The maximum atomic E-state index is 11.0. The van der Waals surface area contributed by atoms with Crippen LogP contribution < -0.4 is 0 Å². The molecule has 0 amide bonds. The van der Waals surface area contributed by atoms with Crippen LogP contribution in [0.1, 0.15) is 11.1 Å². The van der Waals surface area contributed by atoms with Gasteiger partial charge in [-0.15, -0.1) is 10.2 Å². The summed E-state index contributed by atoms with van der Waals surface area (Å²) in [4.78, 5) is 10.6. The molecule has 0 saturated heterocycles. The molecular weight excluding hydrogens is 362 g/mol. The van der Waals surface area contributed by atoms with Crippen molar-refractivity contribution >= 4 is 23.1 Å². The molecule has 0 radical (unpaired) electrons. The van der Waals surface area contributed by atoms with Gasteiger partial charge in [-0.1, -0.05) is 48.2 Å². The average molecular weight is 377 g/mol. The van der Waals surface area contributed by atoms with Gasteiger partial charge in [0.05, 0.1) is 10.6 Å². The molecule has 0 saturated carbocycles. The van der Waals surface area contributed by atoms with Gasteiger partial charge in [0.1, 0.15) is 0 Å². The molecule has 0 bridgehead atoms. The van der Waals surface area contributed by atoms with Crippen molar-refractivity contribution in [1.82, 2.24) is 19.8 Å². The van der Waals surface area contributed by atoms with E-state index in [0.29, 0.717) is 22.1 Å². The SMILES string of the molecule is Cc1ccccc1CSc1nnc2ccc(-c3cccc([N+](=O)[O-])c3)nn12. The van der Waals surface area contributed by atoms with E-state index in [1.54, 1.807) is 34.5 Å². The number of nitro benzene ring substituents is 1. The van der Waals surface area contributed by atoms with Crippen molar-refractivity contribution in [3.63, 3.8) is 0 Å². The first kappa shape index (κ1) is 17.2. The first-order valence-corrected chi connectivity index (χ1v) is 9.25. The molecule has 0 spiro atoms. The zero-order chi connectivity index (χ0) is 18.8. The van der Waals surface area contributed by atoms with Crippen molar-refractivity contribution in [3.8, 4) is 11.3 Å². The Balaban J connectivity index is 1.66. The third kappa shape index (κ3) is 3.52. The minimum Gasteiger partial charge on any atom is -0.258 e. The van der Waals surface area contributed by atoms with Gasteiger partial charge in [-0.3, -0.25) is 10.1 Å². The predicted octanol–water partition coefficient (Wildman–Crippen LogP) is 4.30. The quantitative estimate of drug-likeness (QED) is 0.293. The summed E-state index contributed by atoms with van der Waals surface area (Å²) in [5, 5.41) is 24.7. The summed E-state index contributed by atoms with van der Waals surface area (Å²) in [5.41, 5.74) is 4.43. The minimum atomic E-state index is -0.412. The van der Waals surface area contributed by atoms with Crippen LogP contribution in [0, 0.1) is 17.0 Å². The Morgan fingerprint density at radius 3 is 2.74 bits per heavy atom. The Kier molecular flexibility index (Phi) is 4.55. The number of hydrogen-bond acceptors (Lipinski definition) is 6. The maximum absolute atomic E-state index is 11.0. The van der Waals surface area contributed by atoms with E-state index in [4.69, 9.17) is 0 Å². The lowest BCUT2D eigenvalue weighted by molar-refractivity contribution is -0.384. The van der Waals surface area contributed by atoms with Crippen LogP contribution in [-0.4, -0.2) is 24.7 Å². The van der Waals surface area contributed by atoms with Gasteiger partial charge >= 0.3 is 0 Å². The van der Waals surface area contributed by atoms with Crippen molar-refractivity contribution < 1.29 is 4.92 Å². The molecule has 2 heterocycles. The molecule has 0 fully saturated rings. The molecule has 0 aliphatic carbocycles. The van der Waals surface area contributed by atoms with Gasteiger partial charge in [0, 0.05) is 23.4 Å². The zero-order valence-corrected chi connectivity index (χ0v) is 15.3. The molecular formula is C19H15N5O2S. The molecule has 2 aromatic carbocycles. The normalized spacial score (nSPS) is 11.0. The molecule has 7 nitrogen and oxygen atoms in total. The second-order valence-electron chi connectivity index (χ2n) is 5.99. The highest BCUT2D eigenvalue weighted by Gasteiger charge is 2.12. The fourth-order valence-corrected chi connectivity index (χ4v) is 3.67. The molecule has 4 rings (SSSR count). The number of nitrogens with zero attached hydrogens (tertiary/aromatic N) is 5. The lowest BCUT2D eigenvalue weighted by Gasteiger charge is -2.05. The van der Waals surface area contributed by atoms with Crippen LogP contribution in [0.4, 0.5) is 5.69 Å². The fourth-order valence-electron chi connectivity index (χ4n) is 2.71. The van der Waals surface area contributed by atoms with E-state index >= 15 is 0 Å². The lowest BCUT2D eigenvalue weighted by Crippen LogP contribution is -1.97. The monoisotopic (exact) mass is 377 g/mol. The molecule has 27 heavy (non-hydrogen) atoms. The van der Waals surface area contributed by atoms with Crippen molar-refractivity contribution in [1.29, 1.82) is 0 Å². The molecule has 0 unspecified atom stereocenters. The van der Waals surface area contributed by atoms with Crippen molar-refractivity contribution in [3.05, 3.63) is 81.9 Å². The maximum Gasteiger partial charge on any atom is 0.270 e. The van der Waals surface area contributed by atoms with Crippen LogP contribution in [0.15, 0.2) is 65.8 Å². The number of aromatic nitrogens is 4. The Hall–Kier alpha value is -3.26. The van der Waals surface area contributed by atoms with Gasteiger partial charge < -0.3 is 0 Å². The largest absolute Gasteiger partial charge is 0.270 e. The van der Waals surface area contributed by atoms with E-state index in [1.807, 2.05) is 18.2 Å². The van der Waals surface area contributed by atoms with Crippen LogP contribution in [0.25, 0.3) is 16.9 Å². The number of nitro groups is 1. The highest BCUT2D eigenvalue weighted by Crippen LogP contribution is 2.26. The second-order valence-corrected chi connectivity index (χ2v) is 6.94. The van der Waals surface area contributed by atoms with E-state index in [1.165, 1.54) is 23.3 Å². The molecule has 134 valence electrons. The third-order valence-corrected chi connectivity index (χ3v) is 5.17. The summed E-state index contributed by atoms with van der Waals surface area (Å²) >= 11 is 1.55. The average Bonchev–Trinajstić information content (AvgIpc) is 3.10. The van der Waals surface area contributed by atoms with Crippen LogP contribution in [0.5, 0.6) is 0 Å². The zero-order valence-electron chi connectivity index (χ0n) is 14.4. The Morgan fingerprint density at radius 1 is 1.07 bits per heavy atom. The number of thioether (sulfide) groups is 1. The van der Waals surface area contributed by atoms with E-state index in [0.717, 1.165) is 5.75 Å². The van der Waals surface area contributed by atoms with Gasteiger partial charge in [0.25, 0.3) is 5.69 Å². The van der Waals surface area contributed by atoms with Gasteiger partial charge in [0.15, 0.2) is 5.65 Å². The summed E-state index contributed by atoms with van der Waals surface area (Å²) in [6, 6.07) is 18.2. The fraction of sp³-hybridized carbons (Fsp3) is 0.105. The number of fused-ring (bicyclic) bond motifs is 1. The number of benzene rings is 2. The Morgan fingerprint density at radius 2 is 1.93 bits per heavy atom. The summed E-state index contributed by atoms with van der Waals surface area (Å²) in [6.07, 6.45) is 0. The first-order valence-electron chi connectivity index (χ1n) is 8.26. The standard InChI is InChI=1S/C19H15N5O2S/c1-13-5-2-3-6-15(13)12-27-19-21-20-18-10-9-17(22-23(18)19)14-7-4-8-16(11-14)24(25)26/h2-11H,12H2,1H3. The van der Waals surface area contributed by atoms with Gasteiger partial charge in [-0.05, 0) is 30.2 Å². The topological polar surface area (TPSA) is 86.2 Å². The summed E-state index contributed by atoms with van der Waals surface area (Å²) in [6.45, 7) is 2.08. The van der Waals surface area contributed by atoms with Crippen molar-refractivity contribution in [2.45, 2.75) is 17.8 Å². The number of aryl methyl sites for hydroxylation is 1. The smallest absolute Gasteiger partial charge is 0.258 e. The minimum absolute atomic E-state index is 0.0345. The number of non-ortho nitro benzene ring substituents is 1. The highest BCUT2D eigenvalue weighted by molar-refractivity contribution is 7.98. The van der Waals surface area contributed by atoms with E-state index < -0.39 is 4.92 Å². The molecule has 0 atom stereocenters. The van der Waals surface area contributed by atoms with Crippen LogP contribution in [0.2, 0.25) is 0 Å². The van der Waals surface area contributed by atoms with Crippen molar-refractivity contribution in [2.75, 3.05) is 0 Å². The molecule has 0 aliphatic heterocycles. The van der Waals surface area contributed by atoms with Gasteiger partial charge in [-0.2, -0.15) is 9.61 Å². The Labute approximate surface area is 159 Å². The highest BCUT2D eigenvalue weighted by atomic mass is 32.2. The van der Waals surface area contributed by atoms with Crippen molar-refractivity contribution in [2.24, 2.45) is 0 Å². The lowest BCUT2D eigenvalue weighted by atomic mass is 10.1. The van der Waals surface area contributed by atoms with E-state index in [-0.39, 0.29) is 5.69 Å². The molecule has 0 N–H and O–H groups in total. The van der Waals surface area contributed by atoms with E-state index in [9.17, 15) is 10.1 Å². The van der Waals surface area contributed by atoms with Gasteiger partial charge in [0.2, 0.25) is 5.16 Å². The third-order valence-electron chi connectivity index (χ3n) is 4.20. The summed E-state index contributed by atoms with van der Waals surface area (Å²) in [5.74, 6) is 0.760. The van der Waals surface area contributed by atoms with Crippen LogP contribution in [-0.2, 0) is 5.75 Å². The molecule has 2 aromatic heterocycles. The van der Waals surface area contributed by atoms with Crippen LogP contribution in [0.3, 0.4) is 0 Å². The van der Waals surface area contributed by atoms with E-state index in [2.05, 4.69) is 34.4 Å². The Bertz CT molecular complexity index is 1140. The first-order chi connectivity index (χ1) is 13.1. The summed E-state index contributed by atoms with van der Waals surface area (Å²) in [7, 11) is 0. The van der Waals surface area contributed by atoms with Gasteiger partial charge in [-0.25, -0.2) is 0 Å². The molecule has 0 aliphatic rings. The molecule has 8 heteroatoms. The predicted molar refractivity (Wildman–Crippen MR) is 104 cm³/mol. The summed E-state index contributed by atoms with van der Waals surface area (Å²) < 4.78 is 1.68.